The van der Waals surface area contributed by atoms with Crippen LogP contribution in [-0.4, -0.2) is 61.5 Å². The summed E-state index contributed by atoms with van der Waals surface area (Å²) in [6, 6.07) is 8.43. The standard InChI is InChI=1S/C32H28N4O2/c1-13-9-17-25-19(31(37)35(7)29(17)33-5)12-16(4)24-22-14(2)10-18-26-20(32(38)36(8)30(18)34-6)11-15(3)23(28(22)26)21(13)27(24)25/h9-12H,1-8H3. The van der Waals surface area contributed by atoms with Crippen LogP contribution in [0.3, 0.4) is 0 Å². The van der Waals surface area contributed by atoms with Gasteiger partial charge in [0.1, 0.15) is 11.7 Å². The molecule has 0 aliphatic carbocycles. The maximum absolute atomic E-state index is 13.6. The van der Waals surface area contributed by atoms with Gasteiger partial charge in [0, 0.05) is 61.2 Å². The molecule has 0 unspecified atom stereocenters. The van der Waals surface area contributed by atoms with Crippen molar-refractivity contribution in [1.82, 2.24) is 9.80 Å². The molecule has 0 saturated carbocycles. The van der Waals surface area contributed by atoms with Crippen molar-refractivity contribution in [2.24, 2.45) is 9.98 Å². The lowest BCUT2D eigenvalue weighted by Crippen LogP contribution is -2.38. The van der Waals surface area contributed by atoms with Gasteiger partial charge in [-0.15, -0.1) is 0 Å². The first-order chi connectivity index (χ1) is 18.1. The van der Waals surface area contributed by atoms with Gasteiger partial charge in [0.25, 0.3) is 11.8 Å². The Hall–Kier alpha value is -4.32. The molecule has 188 valence electrons. The van der Waals surface area contributed by atoms with Crippen LogP contribution in [0.25, 0.3) is 43.1 Å². The fourth-order valence-electron chi connectivity index (χ4n) is 7.25. The second-order valence-corrected chi connectivity index (χ2v) is 10.8. The minimum Gasteiger partial charge on any atom is -0.296 e. The van der Waals surface area contributed by atoms with Gasteiger partial charge < -0.3 is 0 Å². The summed E-state index contributed by atoms with van der Waals surface area (Å²) < 4.78 is 0. The van der Waals surface area contributed by atoms with Crippen LogP contribution in [0.2, 0.25) is 0 Å². The van der Waals surface area contributed by atoms with Crippen molar-refractivity contribution in [2.45, 2.75) is 27.7 Å². The van der Waals surface area contributed by atoms with Crippen LogP contribution in [0.15, 0.2) is 34.3 Å². The molecule has 0 spiro atoms. The first-order valence-electron chi connectivity index (χ1n) is 12.8. The summed E-state index contributed by atoms with van der Waals surface area (Å²) in [7, 11) is 7.08. The van der Waals surface area contributed by atoms with E-state index in [1.165, 1.54) is 0 Å². The fourth-order valence-corrected chi connectivity index (χ4v) is 7.25. The number of nitrogens with zero attached hydrogens (tertiary/aromatic N) is 4. The molecule has 0 atom stereocenters. The van der Waals surface area contributed by atoms with E-state index in [2.05, 4.69) is 49.8 Å². The number of hydrogen-bond acceptors (Lipinski definition) is 4. The third kappa shape index (κ3) is 2.39. The number of amides is 2. The van der Waals surface area contributed by atoms with Crippen molar-refractivity contribution in [1.29, 1.82) is 0 Å². The molecule has 6 nitrogen and oxygen atoms in total. The molecule has 2 aliphatic heterocycles. The zero-order chi connectivity index (χ0) is 26.9. The van der Waals surface area contributed by atoms with E-state index in [0.717, 1.165) is 76.5 Å². The monoisotopic (exact) mass is 500 g/mol. The molecule has 0 N–H and O–H groups in total. The molecule has 5 aromatic carbocycles. The van der Waals surface area contributed by atoms with E-state index in [9.17, 15) is 9.59 Å². The second kappa shape index (κ2) is 7.16. The highest BCUT2D eigenvalue weighted by atomic mass is 16.2. The number of aliphatic imine (C=N–C) groups is 2. The highest BCUT2D eigenvalue weighted by molar-refractivity contribution is 6.43. The Morgan fingerprint density at radius 1 is 0.474 bits per heavy atom. The minimum atomic E-state index is -0.0375. The maximum Gasteiger partial charge on any atom is 0.259 e. The molecule has 0 fully saturated rings. The predicted octanol–water partition coefficient (Wildman–Crippen LogP) is 5.89. The van der Waals surface area contributed by atoms with Crippen LogP contribution < -0.4 is 0 Å². The average Bonchev–Trinajstić information content (AvgIpc) is 2.88. The predicted molar refractivity (Wildman–Crippen MR) is 156 cm³/mol. The molecule has 2 heterocycles. The molecular weight excluding hydrogens is 472 g/mol. The lowest BCUT2D eigenvalue weighted by atomic mass is 9.77. The average molecular weight is 501 g/mol. The number of aryl methyl sites for hydroxylation is 4. The quantitative estimate of drug-likeness (QED) is 0.196. The third-order valence-corrected chi connectivity index (χ3v) is 8.71. The smallest absolute Gasteiger partial charge is 0.259 e. The number of fused-ring (bicyclic) bond motifs is 2. The molecule has 0 saturated heterocycles. The van der Waals surface area contributed by atoms with Crippen molar-refractivity contribution in [3.8, 4) is 0 Å². The molecule has 38 heavy (non-hydrogen) atoms. The van der Waals surface area contributed by atoms with Crippen LogP contribution in [0.4, 0.5) is 0 Å². The third-order valence-electron chi connectivity index (χ3n) is 8.71. The molecule has 6 heteroatoms. The number of amidine groups is 2. The van der Waals surface area contributed by atoms with Crippen LogP contribution in [0, 0.1) is 27.7 Å². The van der Waals surface area contributed by atoms with E-state index in [-0.39, 0.29) is 11.8 Å². The maximum atomic E-state index is 13.6. The summed E-state index contributed by atoms with van der Waals surface area (Å²) in [6.45, 7) is 8.48. The number of carbonyl (C=O) groups is 2. The Kier molecular flexibility index (Phi) is 4.30. The highest BCUT2D eigenvalue weighted by Gasteiger charge is 2.35. The molecule has 0 radical (unpaired) electrons. The molecule has 0 aromatic heterocycles. The SMILES string of the molecule is CN=C1c2cc(C)c3c4c(C)cc5c6c(cc(C)c(c7c(C)cc(c2c73)C(=O)N1C)c64)C(=NC)N(C)C5=O. The molecular formula is C32H28N4O2. The zero-order valence-corrected chi connectivity index (χ0v) is 22.9. The molecule has 2 amide bonds. The van der Waals surface area contributed by atoms with Crippen LogP contribution in [0.1, 0.15) is 54.1 Å². The van der Waals surface area contributed by atoms with Gasteiger partial charge in [0.15, 0.2) is 0 Å². The van der Waals surface area contributed by atoms with Gasteiger partial charge in [-0.3, -0.25) is 29.4 Å². The summed E-state index contributed by atoms with van der Waals surface area (Å²) in [5.41, 5.74) is 7.78. The van der Waals surface area contributed by atoms with Gasteiger partial charge in [-0.1, -0.05) is 0 Å². The largest absolute Gasteiger partial charge is 0.296 e. The van der Waals surface area contributed by atoms with Crippen LogP contribution in [-0.2, 0) is 0 Å². The molecule has 5 aromatic rings. The summed E-state index contributed by atoms with van der Waals surface area (Å²) in [5, 5.41) is 8.75. The summed E-state index contributed by atoms with van der Waals surface area (Å²) >= 11 is 0. The number of carbonyl (C=O) groups excluding carboxylic acids is 2. The van der Waals surface area contributed by atoms with E-state index in [0.29, 0.717) is 22.8 Å². The second-order valence-electron chi connectivity index (χ2n) is 10.8. The van der Waals surface area contributed by atoms with Gasteiger partial charge >= 0.3 is 0 Å². The van der Waals surface area contributed by atoms with Gasteiger partial charge in [-0.05, 0) is 107 Å². The molecule has 2 aliphatic rings. The van der Waals surface area contributed by atoms with Gasteiger partial charge in [-0.2, -0.15) is 0 Å². The van der Waals surface area contributed by atoms with E-state index in [4.69, 9.17) is 0 Å². The number of rotatable bonds is 0. The number of hydrogen-bond donors (Lipinski definition) is 0. The Morgan fingerprint density at radius 3 is 1.05 bits per heavy atom. The van der Waals surface area contributed by atoms with Crippen LogP contribution in [0.5, 0.6) is 0 Å². The zero-order valence-electron chi connectivity index (χ0n) is 22.9. The Morgan fingerprint density at radius 2 is 0.763 bits per heavy atom. The van der Waals surface area contributed by atoms with E-state index >= 15 is 0 Å². The first-order valence-corrected chi connectivity index (χ1v) is 12.8. The summed E-state index contributed by atoms with van der Waals surface area (Å²) in [6.07, 6.45) is 0. The Labute approximate surface area is 220 Å². The van der Waals surface area contributed by atoms with Gasteiger partial charge in [-0.25, -0.2) is 0 Å². The van der Waals surface area contributed by atoms with Crippen molar-refractivity contribution in [3.05, 3.63) is 68.8 Å². The Bertz CT molecular complexity index is 1880. The lowest BCUT2D eigenvalue weighted by molar-refractivity contribution is 0.0862. The van der Waals surface area contributed by atoms with Crippen molar-refractivity contribution >= 4 is 66.6 Å². The van der Waals surface area contributed by atoms with Crippen molar-refractivity contribution in [2.75, 3.05) is 28.2 Å². The summed E-state index contributed by atoms with van der Waals surface area (Å²) in [5.74, 6) is 1.30. The van der Waals surface area contributed by atoms with E-state index in [1.807, 2.05) is 12.1 Å². The Balaban J connectivity index is 1.87. The lowest BCUT2D eigenvalue weighted by Gasteiger charge is -2.32. The normalized spacial score (nSPS) is 17.6. The summed E-state index contributed by atoms with van der Waals surface area (Å²) in [4.78, 5) is 39.5. The van der Waals surface area contributed by atoms with Crippen LogP contribution >= 0.6 is 0 Å². The van der Waals surface area contributed by atoms with Crippen molar-refractivity contribution < 1.29 is 9.59 Å². The van der Waals surface area contributed by atoms with E-state index < -0.39 is 0 Å². The molecule has 7 rings (SSSR count). The van der Waals surface area contributed by atoms with Gasteiger partial charge in [0.05, 0.1) is 0 Å². The van der Waals surface area contributed by atoms with E-state index in [1.54, 1.807) is 38.0 Å². The highest BCUT2D eigenvalue weighted by Crippen LogP contribution is 2.50. The fraction of sp³-hybridized carbons (Fsp3) is 0.250. The molecule has 0 bridgehead atoms. The minimum absolute atomic E-state index is 0.0375. The topological polar surface area (TPSA) is 65.3 Å². The first kappa shape index (κ1) is 22.8. The van der Waals surface area contributed by atoms with Gasteiger partial charge in [0.2, 0.25) is 0 Å². The number of benzene rings is 5. The van der Waals surface area contributed by atoms with Crippen molar-refractivity contribution in [3.63, 3.8) is 0 Å².